The highest BCUT2D eigenvalue weighted by Crippen LogP contribution is 2.13. The van der Waals surface area contributed by atoms with Gasteiger partial charge in [-0.05, 0) is 53.2 Å². The number of hydrogen-bond donors (Lipinski definition) is 6. The molecule has 2 aromatic carbocycles. The van der Waals surface area contributed by atoms with Crippen molar-refractivity contribution in [3.8, 4) is 0 Å². The van der Waals surface area contributed by atoms with Crippen LogP contribution in [0, 0.1) is 0 Å². The van der Waals surface area contributed by atoms with Gasteiger partial charge in [-0.1, -0.05) is 12.1 Å². The van der Waals surface area contributed by atoms with Crippen LogP contribution in [0.25, 0.3) is 0 Å². The van der Waals surface area contributed by atoms with E-state index < -0.39 is 50.0 Å². The zero-order valence-electron chi connectivity index (χ0n) is 19.9. The zero-order valence-corrected chi connectivity index (χ0v) is 19.9. The summed E-state index contributed by atoms with van der Waals surface area (Å²) in [6.45, 7) is 1.78. The first-order valence-corrected chi connectivity index (χ1v) is 11.6. The fraction of sp³-hybridized carbons (Fsp3) is 0.304. The number of aliphatic carboxylic acids is 1. The first-order valence-electron chi connectivity index (χ1n) is 11.6. The molecule has 0 spiro atoms. The molecule has 0 bridgehead atoms. The number of benzene rings is 2. The Hall–Kier alpha value is -3.71. The second-order valence-corrected chi connectivity index (χ2v) is 8.80. The van der Waals surface area contributed by atoms with E-state index in [0.717, 1.165) is 11.1 Å². The summed E-state index contributed by atoms with van der Waals surface area (Å²) in [7, 11) is -2.30. The summed E-state index contributed by atoms with van der Waals surface area (Å²) in [6.07, 6.45) is -0.324. The Labute approximate surface area is 212 Å². The summed E-state index contributed by atoms with van der Waals surface area (Å²) in [5, 5.41) is 36.4. The molecule has 0 radical (unpaired) electrons. The zero-order chi connectivity index (χ0) is 26.7. The van der Waals surface area contributed by atoms with Gasteiger partial charge in [0, 0.05) is 17.7 Å². The number of rotatable bonds is 9. The van der Waals surface area contributed by atoms with Crippen molar-refractivity contribution >= 4 is 48.9 Å². The van der Waals surface area contributed by atoms with Crippen molar-refractivity contribution in [1.29, 1.82) is 0 Å². The van der Waals surface area contributed by atoms with E-state index in [-0.39, 0.29) is 37.3 Å². The fourth-order valence-corrected chi connectivity index (χ4v) is 4.13. The van der Waals surface area contributed by atoms with Gasteiger partial charge >= 0.3 is 20.2 Å². The maximum absolute atomic E-state index is 13.0. The number of carbonyl (C=O) groups excluding carboxylic acids is 3. The molecule has 0 aliphatic carbocycles. The van der Waals surface area contributed by atoms with Gasteiger partial charge in [-0.3, -0.25) is 19.2 Å². The third-order valence-corrected chi connectivity index (χ3v) is 6.21. The average molecular weight is 509 g/mol. The lowest BCUT2D eigenvalue weighted by Crippen LogP contribution is -2.57. The molecule has 3 amide bonds. The lowest BCUT2D eigenvalue weighted by molar-refractivity contribution is -0.137. The highest BCUT2D eigenvalue weighted by Gasteiger charge is 2.32. The van der Waals surface area contributed by atoms with Gasteiger partial charge in [-0.15, -0.1) is 0 Å². The fourth-order valence-electron chi connectivity index (χ4n) is 4.13. The Balaban J connectivity index is 1.50. The van der Waals surface area contributed by atoms with Gasteiger partial charge in [0.25, 0.3) is 11.8 Å². The lowest BCUT2D eigenvalue weighted by atomic mass is 9.78. The van der Waals surface area contributed by atoms with Crippen LogP contribution in [-0.4, -0.2) is 71.7 Å². The predicted molar refractivity (Wildman–Crippen MR) is 131 cm³/mol. The number of nitrogens with one attached hydrogen (secondary N) is 3. The Bertz CT molecular complexity index is 1240. The van der Waals surface area contributed by atoms with E-state index in [1.54, 1.807) is 18.2 Å². The molecule has 2 aliphatic heterocycles. The van der Waals surface area contributed by atoms with Crippen LogP contribution in [0.4, 0.5) is 0 Å². The highest BCUT2D eigenvalue weighted by molar-refractivity contribution is 6.62. The van der Waals surface area contributed by atoms with E-state index in [1.165, 1.54) is 25.1 Å². The van der Waals surface area contributed by atoms with E-state index in [9.17, 15) is 29.2 Å². The lowest BCUT2D eigenvalue weighted by Gasteiger charge is -2.25. The van der Waals surface area contributed by atoms with Crippen LogP contribution in [0.15, 0.2) is 36.4 Å². The van der Waals surface area contributed by atoms with Crippen molar-refractivity contribution in [2.45, 2.75) is 38.6 Å². The predicted octanol–water partition coefficient (Wildman–Crippen LogP) is -2.37. The molecular weight excluding hydrogens is 484 g/mol. The Morgan fingerprint density at radius 1 is 0.892 bits per heavy atom. The molecule has 37 heavy (non-hydrogen) atoms. The van der Waals surface area contributed by atoms with Gasteiger partial charge in [0.2, 0.25) is 5.91 Å². The summed E-state index contributed by atoms with van der Waals surface area (Å²) < 4.78 is 10.3. The van der Waals surface area contributed by atoms with Crippen LogP contribution in [0.2, 0.25) is 0 Å². The van der Waals surface area contributed by atoms with Crippen molar-refractivity contribution < 1.29 is 43.6 Å². The van der Waals surface area contributed by atoms with Crippen molar-refractivity contribution in [2.75, 3.05) is 6.54 Å². The topological polar surface area (TPSA) is 184 Å². The summed E-state index contributed by atoms with van der Waals surface area (Å²) >= 11 is 0. The number of amides is 3. The molecule has 2 unspecified atom stereocenters. The van der Waals surface area contributed by atoms with Crippen LogP contribution in [0.5, 0.6) is 0 Å². The van der Waals surface area contributed by atoms with E-state index in [0.29, 0.717) is 10.9 Å². The van der Waals surface area contributed by atoms with E-state index in [2.05, 4.69) is 16.0 Å². The first-order chi connectivity index (χ1) is 17.6. The smallest absolute Gasteiger partial charge is 0.481 e. The van der Waals surface area contributed by atoms with Crippen LogP contribution >= 0.6 is 0 Å². The molecule has 6 N–H and O–H groups in total. The first kappa shape index (κ1) is 26.4. The summed E-state index contributed by atoms with van der Waals surface area (Å²) in [5.74, 6) is -2.99. The minimum Gasteiger partial charge on any atom is -0.481 e. The van der Waals surface area contributed by atoms with Crippen LogP contribution in [-0.2, 0) is 32.1 Å². The highest BCUT2D eigenvalue weighted by atomic mass is 16.5. The van der Waals surface area contributed by atoms with Gasteiger partial charge in [-0.2, -0.15) is 0 Å². The molecule has 2 heterocycles. The van der Waals surface area contributed by atoms with Gasteiger partial charge in [0.05, 0.1) is 25.7 Å². The summed E-state index contributed by atoms with van der Waals surface area (Å²) in [4.78, 5) is 49.7. The number of hydrogen-bond acceptors (Lipinski definition) is 8. The van der Waals surface area contributed by atoms with Crippen molar-refractivity contribution in [3.05, 3.63) is 58.7 Å². The standard InChI is InChI=1S/C23H25B2N3O9/c1-12(27-21(31)13-2-4-15-10-36-24(34)17(15)8-13)20(23(33)26-7-6-19(29)30)28-22(32)14-3-5-16-11-37-25(35)18(16)9-14/h2-5,8-9,12,20,34-35H,6-7,10-11H2,1H3,(H,26,33)(H,27,31)(H,28,32)(H,29,30). The third-order valence-electron chi connectivity index (χ3n) is 6.21. The molecule has 0 saturated heterocycles. The number of carbonyl (C=O) groups is 4. The largest absolute Gasteiger partial charge is 0.491 e. The molecule has 2 atom stereocenters. The minimum atomic E-state index is -1.26. The number of carboxylic acids is 1. The van der Waals surface area contributed by atoms with Gasteiger partial charge in [-0.25, -0.2) is 0 Å². The Morgan fingerprint density at radius 3 is 1.92 bits per heavy atom. The normalized spacial score (nSPS) is 15.4. The van der Waals surface area contributed by atoms with Crippen LogP contribution in [0.3, 0.4) is 0 Å². The molecule has 192 valence electrons. The van der Waals surface area contributed by atoms with Crippen molar-refractivity contribution in [3.63, 3.8) is 0 Å². The molecule has 2 aromatic rings. The van der Waals surface area contributed by atoms with Gasteiger partial charge < -0.3 is 40.4 Å². The molecule has 0 saturated carbocycles. The molecule has 2 aliphatic rings. The van der Waals surface area contributed by atoms with Gasteiger partial charge in [0.15, 0.2) is 0 Å². The molecule has 14 heteroatoms. The molecule has 0 aromatic heterocycles. The molecular formula is C23H25B2N3O9. The van der Waals surface area contributed by atoms with Crippen LogP contribution in [0.1, 0.15) is 45.2 Å². The average Bonchev–Trinajstić information content (AvgIpc) is 3.43. The van der Waals surface area contributed by atoms with Gasteiger partial charge in [0.1, 0.15) is 6.04 Å². The molecule has 12 nitrogen and oxygen atoms in total. The third kappa shape index (κ3) is 6.00. The van der Waals surface area contributed by atoms with Crippen molar-refractivity contribution in [1.82, 2.24) is 16.0 Å². The van der Waals surface area contributed by atoms with Crippen LogP contribution < -0.4 is 26.9 Å². The van der Waals surface area contributed by atoms with E-state index in [1.807, 2.05) is 0 Å². The Morgan fingerprint density at radius 2 is 1.41 bits per heavy atom. The molecule has 4 rings (SSSR count). The summed E-state index contributed by atoms with van der Waals surface area (Å²) in [6, 6.07) is 7.16. The van der Waals surface area contributed by atoms with Crippen molar-refractivity contribution in [2.24, 2.45) is 0 Å². The van der Waals surface area contributed by atoms with E-state index >= 15 is 0 Å². The summed E-state index contributed by atoms with van der Waals surface area (Å²) in [5.41, 5.74) is 2.79. The number of fused-ring (bicyclic) bond motifs is 2. The maximum Gasteiger partial charge on any atom is 0.491 e. The Kier molecular flexibility index (Phi) is 7.93. The molecule has 0 fully saturated rings. The maximum atomic E-state index is 13.0. The minimum absolute atomic E-state index is 0.165. The number of carboxylic acid groups (broad SMARTS) is 1. The second-order valence-electron chi connectivity index (χ2n) is 8.80. The van der Waals surface area contributed by atoms with E-state index in [4.69, 9.17) is 14.4 Å². The monoisotopic (exact) mass is 509 g/mol. The SMILES string of the molecule is CC(NC(=O)c1ccc2c(c1)B(O)OC2)C(NC(=O)c1ccc2c(c1)B(O)OC2)C(=O)NCCC(=O)O. The second kappa shape index (κ2) is 11.1. The quantitative estimate of drug-likeness (QED) is 0.201.